The van der Waals surface area contributed by atoms with Crippen LogP contribution >= 0.6 is 0 Å². The lowest BCUT2D eigenvalue weighted by Crippen LogP contribution is -2.47. The highest BCUT2D eigenvalue weighted by atomic mass is 16.2. The number of urea groups is 1. The van der Waals surface area contributed by atoms with Gasteiger partial charge in [-0.25, -0.2) is 4.79 Å². The Hall–Kier alpha value is -2.08. The SMILES string of the molecule is CCN(CC)C(=O)N1CCC(C(=O)Nc2cccc(CN(C)C)c2)CC1. The molecular formula is C20H32N4O2. The van der Waals surface area contributed by atoms with Gasteiger partial charge in [0.15, 0.2) is 0 Å². The second kappa shape index (κ2) is 9.57. The Labute approximate surface area is 157 Å². The van der Waals surface area contributed by atoms with Gasteiger partial charge < -0.3 is 20.0 Å². The number of amides is 3. The fourth-order valence-electron chi connectivity index (χ4n) is 3.38. The van der Waals surface area contributed by atoms with Crippen LogP contribution in [0, 0.1) is 5.92 Å². The first-order valence-corrected chi connectivity index (χ1v) is 9.53. The zero-order valence-electron chi connectivity index (χ0n) is 16.5. The van der Waals surface area contributed by atoms with Crippen molar-refractivity contribution in [2.75, 3.05) is 45.6 Å². The van der Waals surface area contributed by atoms with Crippen LogP contribution in [-0.4, -0.2) is 66.9 Å². The third-order valence-corrected chi connectivity index (χ3v) is 4.86. The molecule has 1 heterocycles. The van der Waals surface area contributed by atoms with Crippen LogP contribution in [0.5, 0.6) is 0 Å². The number of nitrogens with zero attached hydrogens (tertiary/aromatic N) is 3. The quantitative estimate of drug-likeness (QED) is 0.849. The van der Waals surface area contributed by atoms with Gasteiger partial charge in [0.05, 0.1) is 0 Å². The average molecular weight is 361 g/mol. The lowest BCUT2D eigenvalue weighted by molar-refractivity contribution is -0.121. The number of nitrogens with one attached hydrogen (secondary N) is 1. The van der Waals surface area contributed by atoms with E-state index in [2.05, 4.69) is 16.3 Å². The van der Waals surface area contributed by atoms with E-state index in [-0.39, 0.29) is 17.9 Å². The van der Waals surface area contributed by atoms with E-state index in [1.54, 1.807) is 0 Å². The third kappa shape index (κ3) is 5.46. The minimum Gasteiger partial charge on any atom is -0.326 e. The molecule has 6 nitrogen and oxygen atoms in total. The standard InChI is InChI=1S/C20H32N4O2/c1-5-23(6-2)20(26)24-12-10-17(11-13-24)19(25)21-18-9-7-8-16(14-18)15-22(3)4/h7-9,14,17H,5-6,10-13,15H2,1-4H3,(H,21,25). The van der Waals surface area contributed by atoms with E-state index in [0.717, 1.165) is 38.2 Å². The predicted molar refractivity (Wildman–Crippen MR) is 105 cm³/mol. The average Bonchev–Trinajstić information content (AvgIpc) is 2.62. The van der Waals surface area contributed by atoms with Gasteiger partial charge in [-0.05, 0) is 58.5 Å². The maximum absolute atomic E-state index is 12.6. The van der Waals surface area contributed by atoms with Crippen molar-refractivity contribution in [3.63, 3.8) is 0 Å². The molecule has 0 saturated carbocycles. The summed E-state index contributed by atoms with van der Waals surface area (Å²) in [5, 5.41) is 3.04. The first-order chi connectivity index (χ1) is 12.4. The lowest BCUT2D eigenvalue weighted by Gasteiger charge is -2.34. The number of piperidine rings is 1. The molecule has 0 spiro atoms. The Morgan fingerprint density at radius 1 is 1.15 bits per heavy atom. The van der Waals surface area contributed by atoms with E-state index in [1.165, 1.54) is 5.56 Å². The van der Waals surface area contributed by atoms with Crippen LogP contribution in [0.4, 0.5) is 10.5 Å². The molecule has 1 fully saturated rings. The predicted octanol–water partition coefficient (Wildman–Crippen LogP) is 2.86. The minimum absolute atomic E-state index is 0.0340. The molecule has 26 heavy (non-hydrogen) atoms. The highest BCUT2D eigenvalue weighted by molar-refractivity contribution is 5.92. The van der Waals surface area contributed by atoms with E-state index >= 15 is 0 Å². The summed E-state index contributed by atoms with van der Waals surface area (Å²) >= 11 is 0. The zero-order chi connectivity index (χ0) is 19.1. The molecule has 1 aliphatic rings. The van der Waals surface area contributed by atoms with E-state index in [4.69, 9.17) is 0 Å². The molecule has 1 N–H and O–H groups in total. The van der Waals surface area contributed by atoms with Crippen LogP contribution in [0.1, 0.15) is 32.3 Å². The van der Waals surface area contributed by atoms with Crippen LogP contribution in [-0.2, 0) is 11.3 Å². The van der Waals surface area contributed by atoms with Gasteiger partial charge in [-0.2, -0.15) is 0 Å². The Bertz CT molecular complexity index is 606. The van der Waals surface area contributed by atoms with Crippen molar-refractivity contribution in [2.45, 2.75) is 33.2 Å². The molecule has 3 amide bonds. The summed E-state index contributed by atoms with van der Waals surface area (Å²) in [5.41, 5.74) is 2.02. The largest absolute Gasteiger partial charge is 0.326 e. The van der Waals surface area contributed by atoms with Gasteiger partial charge in [0.2, 0.25) is 5.91 Å². The molecule has 144 valence electrons. The van der Waals surface area contributed by atoms with Crippen LogP contribution < -0.4 is 5.32 Å². The van der Waals surface area contributed by atoms with E-state index < -0.39 is 0 Å². The highest BCUT2D eigenvalue weighted by Gasteiger charge is 2.28. The molecule has 2 rings (SSSR count). The number of likely N-dealkylation sites (tertiary alicyclic amines) is 1. The Kier molecular flexibility index (Phi) is 7.45. The third-order valence-electron chi connectivity index (χ3n) is 4.86. The van der Waals surface area contributed by atoms with Gasteiger partial charge in [0, 0.05) is 44.3 Å². The molecule has 1 aliphatic heterocycles. The maximum atomic E-state index is 12.6. The number of carbonyl (C=O) groups is 2. The highest BCUT2D eigenvalue weighted by Crippen LogP contribution is 2.21. The maximum Gasteiger partial charge on any atom is 0.319 e. The summed E-state index contributed by atoms with van der Waals surface area (Å²) in [6.45, 7) is 7.56. The van der Waals surface area contributed by atoms with Crippen molar-refractivity contribution in [1.82, 2.24) is 14.7 Å². The van der Waals surface area contributed by atoms with Crippen molar-refractivity contribution < 1.29 is 9.59 Å². The number of hydrogen-bond acceptors (Lipinski definition) is 3. The van der Waals surface area contributed by atoms with E-state index in [0.29, 0.717) is 13.1 Å². The van der Waals surface area contributed by atoms with Crippen LogP contribution in [0.25, 0.3) is 0 Å². The summed E-state index contributed by atoms with van der Waals surface area (Å²) in [5.74, 6) is 0.0233. The van der Waals surface area contributed by atoms with E-state index in [9.17, 15) is 9.59 Å². The van der Waals surface area contributed by atoms with Crippen molar-refractivity contribution in [3.8, 4) is 0 Å². The molecule has 0 unspecified atom stereocenters. The first-order valence-electron chi connectivity index (χ1n) is 9.53. The van der Waals surface area contributed by atoms with Crippen molar-refractivity contribution in [1.29, 1.82) is 0 Å². The van der Waals surface area contributed by atoms with Gasteiger partial charge in [0.1, 0.15) is 0 Å². The second-order valence-corrected chi connectivity index (χ2v) is 7.14. The van der Waals surface area contributed by atoms with E-state index in [1.807, 2.05) is 55.9 Å². The molecular weight excluding hydrogens is 328 g/mol. The first kappa shape index (κ1) is 20.2. The topological polar surface area (TPSA) is 55.9 Å². The van der Waals surface area contributed by atoms with Crippen LogP contribution in [0.3, 0.4) is 0 Å². The molecule has 1 aromatic carbocycles. The lowest BCUT2D eigenvalue weighted by atomic mass is 9.96. The van der Waals surface area contributed by atoms with Crippen LogP contribution in [0.15, 0.2) is 24.3 Å². The smallest absolute Gasteiger partial charge is 0.319 e. The van der Waals surface area contributed by atoms with Gasteiger partial charge in [-0.15, -0.1) is 0 Å². The summed E-state index contributed by atoms with van der Waals surface area (Å²) in [4.78, 5) is 30.8. The molecule has 6 heteroatoms. The Balaban J connectivity index is 1.88. The number of hydrogen-bond donors (Lipinski definition) is 1. The van der Waals surface area contributed by atoms with Crippen molar-refractivity contribution >= 4 is 17.6 Å². The summed E-state index contributed by atoms with van der Waals surface area (Å²) < 4.78 is 0. The molecule has 1 aromatic rings. The minimum atomic E-state index is -0.0340. The molecule has 0 bridgehead atoms. The molecule has 0 aliphatic carbocycles. The van der Waals surface area contributed by atoms with Gasteiger partial charge in [-0.1, -0.05) is 12.1 Å². The molecule has 0 aromatic heterocycles. The second-order valence-electron chi connectivity index (χ2n) is 7.14. The summed E-state index contributed by atoms with van der Waals surface area (Å²) in [6, 6.07) is 8.07. The number of anilines is 1. The fourth-order valence-corrected chi connectivity index (χ4v) is 3.38. The van der Waals surface area contributed by atoms with Gasteiger partial charge >= 0.3 is 6.03 Å². The zero-order valence-corrected chi connectivity index (χ0v) is 16.5. The molecule has 0 atom stereocenters. The normalized spacial score (nSPS) is 15.2. The molecule has 1 saturated heterocycles. The molecule has 0 radical (unpaired) electrons. The van der Waals surface area contributed by atoms with Crippen molar-refractivity contribution in [2.24, 2.45) is 5.92 Å². The number of benzene rings is 1. The van der Waals surface area contributed by atoms with Crippen LogP contribution in [0.2, 0.25) is 0 Å². The Morgan fingerprint density at radius 3 is 2.38 bits per heavy atom. The Morgan fingerprint density at radius 2 is 1.81 bits per heavy atom. The fraction of sp³-hybridized carbons (Fsp3) is 0.600. The number of rotatable bonds is 6. The number of carbonyl (C=O) groups excluding carboxylic acids is 2. The van der Waals surface area contributed by atoms with Gasteiger partial charge in [0.25, 0.3) is 0 Å². The summed E-state index contributed by atoms with van der Waals surface area (Å²) in [6.07, 6.45) is 1.44. The van der Waals surface area contributed by atoms with Crippen molar-refractivity contribution in [3.05, 3.63) is 29.8 Å². The summed E-state index contributed by atoms with van der Waals surface area (Å²) in [7, 11) is 4.05. The monoisotopic (exact) mass is 360 g/mol. The van der Waals surface area contributed by atoms with Gasteiger partial charge in [-0.3, -0.25) is 4.79 Å².